The third-order valence-electron chi connectivity index (χ3n) is 25.4. The van der Waals surface area contributed by atoms with Crippen molar-refractivity contribution in [3.63, 3.8) is 0 Å². The van der Waals surface area contributed by atoms with E-state index in [1.807, 2.05) is 6.92 Å². The molecule has 0 aromatic rings. The van der Waals surface area contributed by atoms with E-state index in [4.69, 9.17) is 66.3 Å². The molecule has 12 rings (SSSR count). The molecule has 568 valence electrons. The number of carbonyl (C=O) groups is 1. The van der Waals surface area contributed by atoms with Gasteiger partial charge in [-0.15, -0.1) is 0 Å². The first kappa shape index (κ1) is 76.6. The lowest BCUT2D eigenvalue weighted by Crippen LogP contribution is -2.69. The largest absolute Gasteiger partial charge is 0.433 e. The van der Waals surface area contributed by atoms with Crippen molar-refractivity contribution in [3.05, 3.63) is 11.1 Å². The molecule has 38 atom stereocenters. The van der Waals surface area contributed by atoms with Crippen molar-refractivity contribution in [1.82, 2.24) is 0 Å². The predicted molar refractivity (Wildman–Crippen MR) is 323 cm³/mol. The van der Waals surface area contributed by atoms with E-state index in [2.05, 4.69) is 27.7 Å². The van der Waals surface area contributed by atoms with Crippen molar-refractivity contribution >= 4 is 5.97 Å². The average molecular weight is 1430 g/mol. The maximum atomic E-state index is 12.8. The van der Waals surface area contributed by atoms with Gasteiger partial charge in [-0.3, -0.25) is 4.79 Å². The number of esters is 1. The van der Waals surface area contributed by atoms with Gasteiger partial charge in [-0.05, 0) is 81.0 Å². The van der Waals surface area contributed by atoms with Crippen LogP contribution in [0.2, 0.25) is 0 Å². The second-order valence-electron chi connectivity index (χ2n) is 30.7. The van der Waals surface area contributed by atoms with Crippen LogP contribution in [0.4, 0.5) is 0 Å². The minimum Gasteiger partial charge on any atom is -0.433 e. The molecule has 0 amide bonds. The molecule has 12 aliphatic rings. The lowest BCUT2D eigenvalue weighted by atomic mass is 9.42. The van der Waals surface area contributed by atoms with Gasteiger partial charge in [0, 0.05) is 23.7 Å². The van der Waals surface area contributed by atoms with E-state index in [1.165, 1.54) is 18.1 Å². The summed E-state index contributed by atoms with van der Waals surface area (Å²) in [5.41, 5.74) is -0.392. The molecule has 8 aliphatic heterocycles. The summed E-state index contributed by atoms with van der Waals surface area (Å²) < 4.78 is 85.9. The molecule has 34 heteroatoms. The maximum Gasteiger partial charge on any atom is 0.311 e. The molecule has 0 unspecified atom stereocenters. The van der Waals surface area contributed by atoms with Crippen molar-refractivity contribution in [2.45, 2.75) is 301 Å². The van der Waals surface area contributed by atoms with Gasteiger partial charge in [-0.1, -0.05) is 45.8 Å². The summed E-state index contributed by atoms with van der Waals surface area (Å²) in [7, 11) is 0. The quantitative estimate of drug-likeness (QED) is 0.0448. The van der Waals surface area contributed by atoms with E-state index in [1.54, 1.807) is 0 Å². The summed E-state index contributed by atoms with van der Waals surface area (Å²) in [5, 5.41) is 211. The molecule has 0 radical (unpaired) electrons. The van der Waals surface area contributed by atoms with Crippen LogP contribution in [0.3, 0.4) is 0 Å². The highest BCUT2D eigenvalue weighted by molar-refractivity contribution is 5.74. The van der Waals surface area contributed by atoms with Gasteiger partial charge in [-0.25, -0.2) is 0 Å². The summed E-state index contributed by atoms with van der Waals surface area (Å²) >= 11 is 0. The molecular formula is C65H104O34. The molecule has 4 aliphatic carbocycles. The highest BCUT2D eigenvalue weighted by atomic mass is 16.8. The van der Waals surface area contributed by atoms with Crippen LogP contribution < -0.4 is 0 Å². The zero-order chi connectivity index (χ0) is 71.7. The zero-order valence-corrected chi connectivity index (χ0v) is 56.2. The first-order chi connectivity index (χ1) is 46.8. The van der Waals surface area contributed by atoms with Gasteiger partial charge >= 0.3 is 5.97 Å². The summed E-state index contributed by atoms with van der Waals surface area (Å²) in [4.78, 5) is 12.8. The fraction of sp³-hybridized carbons (Fsp3) is 0.954. The average Bonchev–Trinajstić information content (AvgIpc) is 1.42. The second-order valence-corrected chi connectivity index (χ2v) is 30.7. The zero-order valence-electron chi connectivity index (χ0n) is 56.2. The van der Waals surface area contributed by atoms with Gasteiger partial charge < -0.3 is 163 Å². The fourth-order valence-corrected chi connectivity index (χ4v) is 19.4. The van der Waals surface area contributed by atoms with Crippen LogP contribution in [-0.4, -0.2) is 345 Å². The number of aliphatic hydroxyl groups excluding tert-OH is 19. The number of fused-ring (bicyclic) bond motifs is 5. The van der Waals surface area contributed by atoms with Crippen LogP contribution >= 0.6 is 0 Å². The summed E-state index contributed by atoms with van der Waals surface area (Å²) in [6.45, 7) is 6.73. The molecule has 0 bridgehead atoms. The highest BCUT2D eigenvalue weighted by Crippen LogP contribution is 2.76. The van der Waals surface area contributed by atoms with E-state index in [0.29, 0.717) is 32.1 Å². The topological polar surface area (TPSA) is 531 Å². The van der Waals surface area contributed by atoms with Crippen molar-refractivity contribution in [3.8, 4) is 0 Å². The van der Waals surface area contributed by atoms with Gasteiger partial charge in [0.2, 0.25) is 5.79 Å². The van der Waals surface area contributed by atoms with E-state index >= 15 is 0 Å². The van der Waals surface area contributed by atoms with Crippen molar-refractivity contribution in [1.29, 1.82) is 0 Å². The summed E-state index contributed by atoms with van der Waals surface area (Å²) in [6.07, 6.45) is -50.7. The molecule has 99 heavy (non-hydrogen) atoms. The van der Waals surface area contributed by atoms with Crippen LogP contribution in [0.15, 0.2) is 11.1 Å². The van der Waals surface area contributed by atoms with E-state index in [9.17, 15) is 102 Å². The van der Waals surface area contributed by atoms with Crippen LogP contribution in [0.25, 0.3) is 0 Å². The Hall–Kier alpha value is -2.07. The second kappa shape index (κ2) is 28.9. The molecule has 2 spiro atoms. The number of hydrogen-bond acceptors (Lipinski definition) is 34. The van der Waals surface area contributed by atoms with Gasteiger partial charge in [-0.2, -0.15) is 0 Å². The van der Waals surface area contributed by atoms with Crippen molar-refractivity contribution in [2.24, 2.45) is 39.4 Å². The number of ether oxygens (including phenoxy) is 14. The van der Waals surface area contributed by atoms with Crippen molar-refractivity contribution in [2.75, 3.05) is 46.2 Å². The Morgan fingerprint density at radius 2 is 1.00 bits per heavy atom. The third kappa shape index (κ3) is 12.6. The monoisotopic (exact) mass is 1430 g/mol. The third-order valence-corrected chi connectivity index (χ3v) is 25.4. The number of aliphatic hydroxyl groups is 19. The normalized spacial score (nSPS) is 54.5. The highest BCUT2D eigenvalue weighted by Gasteiger charge is 2.75. The van der Waals surface area contributed by atoms with Crippen LogP contribution in [0.1, 0.15) is 106 Å². The molecule has 0 aromatic heterocycles. The van der Waals surface area contributed by atoms with Crippen molar-refractivity contribution < 1.29 is 168 Å². The molecule has 10 fully saturated rings. The Kier molecular flexibility index (Phi) is 22.4. The van der Waals surface area contributed by atoms with Gasteiger partial charge in [0.15, 0.2) is 37.7 Å². The lowest BCUT2D eigenvalue weighted by Gasteiger charge is -2.64. The Morgan fingerprint density at radius 1 is 0.475 bits per heavy atom. The molecular weight excluding hydrogens is 1320 g/mol. The summed E-state index contributed by atoms with van der Waals surface area (Å²) in [6, 6.07) is 0. The Bertz CT molecular complexity index is 2820. The van der Waals surface area contributed by atoms with E-state index in [-0.39, 0.29) is 41.0 Å². The number of carbonyl (C=O) groups excluding carboxylic acids is 1. The molecule has 19 N–H and O–H groups in total. The van der Waals surface area contributed by atoms with Gasteiger partial charge in [0.25, 0.3) is 0 Å². The van der Waals surface area contributed by atoms with Gasteiger partial charge in [0.05, 0.1) is 70.0 Å². The lowest BCUT2D eigenvalue weighted by molar-refractivity contribution is -0.414. The van der Waals surface area contributed by atoms with Crippen LogP contribution in [0.5, 0.6) is 0 Å². The maximum absolute atomic E-state index is 12.8. The molecule has 2 saturated carbocycles. The van der Waals surface area contributed by atoms with E-state index < -0.39 is 253 Å². The van der Waals surface area contributed by atoms with Crippen LogP contribution in [-0.2, 0) is 71.1 Å². The summed E-state index contributed by atoms with van der Waals surface area (Å²) in [5.74, 6) is -1.71. The molecule has 8 heterocycles. The van der Waals surface area contributed by atoms with Crippen LogP contribution in [0, 0.1) is 39.4 Å². The number of rotatable bonds is 18. The minimum absolute atomic E-state index is 0.114. The minimum atomic E-state index is -2.17. The Balaban J connectivity index is 0.777. The molecule has 34 nitrogen and oxygen atoms in total. The Labute approximate surface area is 570 Å². The van der Waals surface area contributed by atoms with Gasteiger partial charge in [0.1, 0.15) is 134 Å². The number of hydrogen-bond donors (Lipinski definition) is 19. The smallest absolute Gasteiger partial charge is 0.311 e. The predicted octanol–water partition coefficient (Wildman–Crippen LogP) is -6.89. The SMILES string of the molecule is C[C@@H]1C[C@]2(C[C@@H](C)[C@]3(CC[C@@]4(C)C5=C(CC[C@@]43C)[C@@]3(C)CC[C@H](O[C@@H]4O[C@H](CO[C@@H]6OC[C@H](O)[C@H](O)[C@H]6O[C@@H]6O[C@H](CO)[C@@H](O)[C@H](O[C@@H]7O[C@H](CO)[C@@H](O)[C@H](O)[C@H]7O[C@@H]7O[C@H](CO)[C@@H](O)[C@H](O)[C@H]7O)[C@H]6O[C@@H]6O[C@@H](C)[C@H](O)[C@@H](O)[C@H]6O)[C@@H](O)[C@H](O)[C@H]4O)C(CO)(CO)[C@@H]3CC5)O2)OC1=O. The first-order valence-electron chi connectivity index (χ1n) is 34.8. The molecule has 8 saturated heterocycles. The van der Waals surface area contributed by atoms with E-state index in [0.717, 1.165) is 25.7 Å². The fourth-order valence-electron chi connectivity index (χ4n) is 19.4. The first-order valence-corrected chi connectivity index (χ1v) is 34.8. The molecule has 0 aromatic carbocycles. The number of allylic oxidation sites excluding steroid dienone is 2. The standard InChI is InChI=1S/C65H104O34/c1-24-15-64(98-53(24)85)16-25(2)65(99-64)14-13-61(5)28-7-8-34-60(4,27(28)9-12-62(61,65)6)11-10-35(63(34,22-69)23-70)93-55-47(83)44(80)40(76)33(92-55)21-87-57-50(37(73)29(71)20-86-57)96-59-52(97-54-46(82)42(78)36(72)26(3)88-54)49(41(77)32(19-68)91-59)94-58-51(45(81)39(75)31(18-67)90-58)95-56-48(84)43(79)38(74)30(17-66)89-56/h24-26,29-52,54-59,66-84H,7-23H2,1-6H3/t24-,25-,26+,29+,30-,31-,32-,33-,34-,35+,36+,37+,38-,39-,40-,41-,42-,43+,44+,45+,46-,47-,48-,49+,50-,51-,52-,54+,55+,56+,57+,58+,59+,60-,61+,62+,64+,65+/m1/s1. The Morgan fingerprint density at radius 3 is 1.62 bits per heavy atom.